The van der Waals surface area contributed by atoms with Crippen LogP contribution in [-0.2, 0) is 4.79 Å². The van der Waals surface area contributed by atoms with Crippen molar-refractivity contribution in [2.24, 2.45) is 0 Å². The van der Waals surface area contributed by atoms with Crippen LogP contribution in [0.4, 0.5) is 5.69 Å². The molecule has 6 heteroatoms. The van der Waals surface area contributed by atoms with Gasteiger partial charge in [-0.15, -0.1) is 0 Å². The molecule has 1 saturated heterocycles. The zero-order chi connectivity index (χ0) is 18.5. The lowest BCUT2D eigenvalue weighted by atomic mass is 10.1. The van der Waals surface area contributed by atoms with E-state index in [-0.39, 0.29) is 11.9 Å². The van der Waals surface area contributed by atoms with Crippen LogP contribution in [0.1, 0.15) is 18.5 Å². The molecule has 3 rings (SSSR count). The number of rotatable bonds is 5. The molecule has 1 atom stereocenters. The van der Waals surface area contributed by atoms with Crippen molar-refractivity contribution in [3.05, 3.63) is 59.1 Å². The first-order chi connectivity index (χ1) is 12.5. The van der Waals surface area contributed by atoms with Crippen molar-refractivity contribution in [1.82, 2.24) is 10.2 Å². The van der Waals surface area contributed by atoms with Crippen LogP contribution < -0.4 is 10.2 Å². The number of carbonyl (C=O) groups excluding carboxylic acids is 1. The van der Waals surface area contributed by atoms with Crippen LogP contribution in [-0.4, -0.2) is 48.6 Å². The molecule has 1 heterocycles. The normalized spacial score (nSPS) is 16.3. The first kappa shape index (κ1) is 18.5. The summed E-state index contributed by atoms with van der Waals surface area (Å²) >= 11 is 6.19. The van der Waals surface area contributed by atoms with Crippen LogP contribution in [0.3, 0.4) is 0 Å². The molecule has 5 nitrogen and oxygen atoms in total. The van der Waals surface area contributed by atoms with Gasteiger partial charge in [-0.1, -0.05) is 41.9 Å². The zero-order valence-electron chi connectivity index (χ0n) is 14.9. The van der Waals surface area contributed by atoms with E-state index in [0.29, 0.717) is 17.3 Å². The van der Waals surface area contributed by atoms with Crippen LogP contribution in [0.25, 0.3) is 0 Å². The Morgan fingerprint density at radius 2 is 1.77 bits per heavy atom. The van der Waals surface area contributed by atoms with Gasteiger partial charge in [0, 0.05) is 31.2 Å². The summed E-state index contributed by atoms with van der Waals surface area (Å²) in [6.07, 6.45) is 0. The quantitative estimate of drug-likeness (QED) is 0.845. The Labute approximate surface area is 159 Å². The van der Waals surface area contributed by atoms with Crippen LogP contribution in [0.15, 0.2) is 48.5 Å². The number of nitrogens with zero attached hydrogens (tertiary/aromatic N) is 2. The molecule has 0 aliphatic carbocycles. The van der Waals surface area contributed by atoms with Gasteiger partial charge in [0.05, 0.1) is 18.3 Å². The number of para-hydroxylation sites is 2. The third kappa shape index (κ3) is 4.48. The smallest absolute Gasteiger partial charge is 0.234 e. The maximum atomic E-state index is 12.4. The summed E-state index contributed by atoms with van der Waals surface area (Å²) in [6.45, 7) is 5.43. The number of benzene rings is 2. The van der Waals surface area contributed by atoms with Gasteiger partial charge >= 0.3 is 0 Å². The van der Waals surface area contributed by atoms with E-state index in [9.17, 15) is 9.90 Å². The number of carbonyl (C=O) groups is 1. The summed E-state index contributed by atoms with van der Waals surface area (Å²) in [4.78, 5) is 16.6. The van der Waals surface area contributed by atoms with Gasteiger partial charge in [-0.25, -0.2) is 0 Å². The topological polar surface area (TPSA) is 55.8 Å². The predicted molar refractivity (Wildman–Crippen MR) is 105 cm³/mol. The van der Waals surface area contributed by atoms with E-state index in [1.165, 1.54) is 0 Å². The number of nitrogens with one attached hydrogen (secondary N) is 1. The van der Waals surface area contributed by atoms with E-state index in [1.807, 2.05) is 49.4 Å². The Kier molecular flexibility index (Phi) is 6.01. The highest BCUT2D eigenvalue weighted by atomic mass is 35.5. The molecule has 0 spiro atoms. The maximum absolute atomic E-state index is 12.4. The molecular weight excluding hydrogens is 350 g/mol. The molecule has 2 aromatic carbocycles. The number of halogens is 1. The molecule has 0 radical (unpaired) electrons. The van der Waals surface area contributed by atoms with Crippen molar-refractivity contribution in [2.45, 2.75) is 13.0 Å². The van der Waals surface area contributed by atoms with Gasteiger partial charge in [-0.2, -0.15) is 0 Å². The van der Waals surface area contributed by atoms with E-state index in [4.69, 9.17) is 11.6 Å². The van der Waals surface area contributed by atoms with Gasteiger partial charge in [0.2, 0.25) is 5.91 Å². The Morgan fingerprint density at radius 3 is 2.46 bits per heavy atom. The van der Waals surface area contributed by atoms with Crippen LogP contribution in [0, 0.1) is 0 Å². The highest BCUT2D eigenvalue weighted by Crippen LogP contribution is 2.27. The summed E-state index contributed by atoms with van der Waals surface area (Å²) in [5.41, 5.74) is 1.77. The summed E-state index contributed by atoms with van der Waals surface area (Å²) in [7, 11) is 0. The van der Waals surface area contributed by atoms with E-state index >= 15 is 0 Å². The highest BCUT2D eigenvalue weighted by Gasteiger charge is 2.21. The lowest BCUT2D eigenvalue weighted by molar-refractivity contribution is -0.123. The van der Waals surface area contributed by atoms with Crippen LogP contribution in [0.5, 0.6) is 5.75 Å². The van der Waals surface area contributed by atoms with Gasteiger partial charge in [0.25, 0.3) is 0 Å². The average Bonchev–Trinajstić information content (AvgIpc) is 2.63. The Hall–Kier alpha value is -2.24. The molecule has 0 aromatic heterocycles. The van der Waals surface area contributed by atoms with E-state index < -0.39 is 0 Å². The number of hydrogen-bond donors (Lipinski definition) is 2. The molecule has 0 saturated carbocycles. The lowest BCUT2D eigenvalue weighted by Crippen LogP contribution is -2.49. The molecule has 1 aliphatic heterocycles. The van der Waals surface area contributed by atoms with Crippen molar-refractivity contribution in [2.75, 3.05) is 37.6 Å². The van der Waals surface area contributed by atoms with Gasteiger partial charge in [-0.3, -0.25) is 9.69 Å². The van der Waals surface area contributed by atoms with Crippen molar-refractivity contribution in [1.29, 1.82) is 0 Å². The molecule has 1 aliphatic rings. The molecule has 1 amide bonds. The molecule has 2 aromatic rings. The molecule has 138 valence electrons. The average molecular weight is 374 g/mol. The molecule has 1 unspecified atom stereocenters. The minimum Gasteiger partial charge on any atom is -0.506 e. The number of phenols is 1. The molecule has 2 N–H and O–H groups in total. The Morgan fingerprint density at radius 1 is 1.12 bits per heavy atom. The zero-order valence-corrected chi connectivity index (χ0v) is 15.6. The minimum absolute atomic E-state index is 0.00609. The monoisotopic (exact) mass is 373 g/mol. The summed E-state index contributed by atoms with van der Waals surface area (Å²) < 4.78 is 0. The van der Waals surface area contributed by atoms with Gasteiger partial charge < -0.3 is 15.3 Å². The van der Waals surface area contributed by atoms with Gasteiger partial charge in [-0.05, 0) is 30.7 Å². The second kappa shape index (κ2) is 8.43. The van der Waals surface area contributed by atoms with Crippen molar-refractivity contribution in [3.8, 4) is 5.75 Å². The number of hydrogen-bond acceptors (Lipinski definition) is 4. The first-order valence-corrected chi connectivity index (χ1v) is 9.21. The van der Waals surface area contributed by atoms with Crippen molar-refractivity contribution >= 4 is 23.2 Å². The molecular formula is C20H24ClN3O2. The molecule has 26 heavy (non-hydrogen) atoms. The second-order valence-electron chi connectivity index (χ2n) is 6.56. The molecule has 1 fully saturated rings. The summed E-state index contributed by atoms with van der Waals surface area (Å²) in [6, 6.07) is 14.8. The number of aromatic hydroxyl groups is 1. The van der Waals surface area contributed by atoms with Crippen molar-refractivity contribution < 1.29 is 9.90 Å². The standard InChI is InChI=1S/C20H24ClN3O2/c1-15(16-6-2-3-7-17(16)21)22-20(26)14-23-10-12-24(13-11-23)18-8-4-5-9-19(18)25/h2-9,15,25H,10-14H2,1H3,(H,22,26). The SMILES string of the molecule is CC(NC(=O)CN1CCN(c2ccccc2O)CC1)c1ccccc1Cl. The lowest BCUT2D eigenvalue weighted by Gasteiger charge is -2.36. The number of anilines is 1. The Balaban J connectivity index is 1.49. The van der Waals surface area contributed by atoms with Crippen molar-refractivity contribution in [3.63, 3.8) is 0 Å². The largest absolute Gasteiger partial charge is 0.506 e. The molecule has 0 bridgehead atoms. The van der Waals surface area contributed by atoms with E-state index in [2.05, 4.69) is 15.1 Å². The fourth-order valence-corrected chi connectivity index (χ4v) is 3.57. The highest BCUT2D eigenvalue weighted by molar-refractivity contribution is 6.31. The fourth-order valence-electron chi connectivity index (χ4n) is 3.27. The third-order valence-electron chi connectivity index (χ3n) is 4.71. The van der Waals surface area contributed by atoms with Crippen LogP contribution in [0.2, 0.25) is 5.02 Å². The fraction of sp³-hybridized carbons (Fsp3) is 0.350. The predicted octanol–water partition coefficient (Wildman–Crippen LogP) is 3.05. The van der Waals surface area contributed by atoms with Gasteiger partial charge in [0.1, 0.15) is 5.75 Å². The Bertz CT molecular complexity index is 760. The third-order valence-corrected chi connectivity index (χ3v) is 5.06. The maximum Gasteiger partial charge on any atom is 0.234 e. The summed E-state index contributed by atoms with van der Waals surface area (Å²) in [5.74, 6) is 0.292. The number of piperazine rings is 1. The van der Waals surface area contributed by atoms with Crippen LogP contribution >= 0.6 is 11.6 Å². The van der Waals surface area contributed by atoms with E-state index in [1.54, 1.807) is 6.07 Å². The van der Waals surface area contributed by atoms with E-state index in [0.717, 1.165) is 37.4 Å². The number of phenolic OH excluding ortho intramolecular Hbond substituents is 1. The first-order valence-electron chi connectivity index (χ1n) is 8.83. The second-order valence-corrected chi connectivity index (χ2v) is 6.97. The summed E-state index contributed by atoms with van der Waals surface area (Å²) in [5, 5.41) is 13.7. The minimum atomic E-state index is -0.126. The number of amides is 1. The van der Waals surface area contributed by atoms with Gasteiger partial charge in [0.15, 0.2) is 0 Å².